The summed E-state index contributed by atoms with van der Waals surface area (Å²) in [7, 11) is 0. The number of carbonyl (C=O) groups is 1. The fourth-order valence-electron chi connectivity index (χ4n) is 1.64. The second-order valence-electron chi connectivity index (χ2n) is 3.92. The van der Waals surface area contributed by atoms with Gasteiger partial charge in [0.1, 0.15) is 6.29 Å². The van der Waals surface area contributed by atoms with Gasteiger partial charge in [-0.15, -0.1) is 0 Å². The maximum atomic E-state index is 10.8. The summed E-state index contributed by atoms with van der Waals surface area (Å²) in [6.07, 6.45) is 9.35. The lowest BCUT2D eigenvalue weighted by molar-refractivity contribution is -0.109. The third-order valence-electron chi connectivity index (χ3n) is 2.88. The predicted octanol–water partition coefficient (Wildman–Crippen LogP) is 3.05. The van der Waals surface area contributed by atoms with E-state index in [1.807, 2.05) is 6.92 Å². The molecular formula is C12H21O2. The molecule has 81 valence electrons. The molecular weight excluding hydrogens is 176 g/mol. The van der Waals surface area contributed by atoms with Gasteiger partial charge in [-0.1, -0.05) is 39.5 Å². The average molecular weight is 197 g/mol. The summed E-state index contributed by atoms with van der Waals surface area (Å²) in [4.78, 5) is 21.3. The summed E-state index contributed by atoms with van der Waals surface area (Å²) in [6, 6.07) is 0. The molecule has 0 aromatic heterocycles. The molecule has 0 aliphatic heterocycles. The van der Waals surface area contributed by atoms with Gasteiger partial charge in [0, 0.05) is 11.8 Å². The van der Waals surface area contributed by atoms with Crippen LogP contribution >= 0.6 is 0 Å². The molecule has 1 unspecified atom stereocenters. The Kier molecular flexibility index (Phi) is 7.35. The van der Waals surface area contributed by atoms with Gasteiger partial charge in [0.15, 0.2) is 0 Å². The average Bonchev–Trinajstić information content (AvgIpc) is 2.23. The highest BCUT2D eigenvalue weighted by molar-refractivity contribution is 5.67. The van der Waals surface area contributed by atoms with Crippen molar-refractivity contribution in [2.45, 2.75) is 58.8 Å². The highest BCUT2D eigenvalue weighted by atomic mass is 16.1. The number of unbranched alkanes of at least 4 members (excludes halogenated alkanes) is 3. The van der Waals surface area contributed by atoms with Gasteiger partial charge in [-0.25, -0.2) is 0 Å². The van der Waals surface area contributed by atoms with Gasteiger partial charge in [0.2, 0.25) is 6.29 Å². The number of aldehydes is 1. The Bertz CT molecular complexity index is 166. The van der Waals surface area contributed by atoms with Crippen molar-refractivity contribution in [3.8, 4) is 0 Å². The number of carbonyl (C=O) groups excluding carboxylic acids is 2. The summed E-state index contributed by atoms with van der Waals surface area (Å²) in [5, 5.41) is 0. The van der Waals surface area contributed by atoms with E-state index in [4.69, 9.17) is 0 Å². The molecule has 2 heteroatoms. The number of rotatable bonds is 9. The van der Waals surface area contributed by atoms with Gasteiger partial charge in [-0.05, 0) is 12.8 Å². The minimum atomic E-state index is -0.491. The van der Waals surface area contributed by atoms with Gasteiger partial charge in [0.05, 0.1) is 0 Å². The smallest absolute Gasteiger partial charge is 0.205 e. The Morgan fingerprint density at radius 1 is 1.21 bits per heavy atom. The van der Waals surface area contributed by atoms with E-state index in [0.29, 0.717) is 6.42 Å². The molecule has 0 spiro atoms. The largest absolute Gasteiger partial charge is 0.303 e. The molecule has 0 aliphatic carbocycles. The van der Waals surface area contributed by atoms with Crippen molar-refractivity contribution in [3.05, 3.63) is 0 Å². The SMILES string of the molecule is CCCCCCC([C]=O)(CC)CC=O. The zero-order valence-corrected chi connectivity index (χ0v) is 9.34. The second-order valence-corrected chi connectivity index (χ2v) is 3.92. The Hall–Kier alpha value is -0.660. The molecule has 0 N–H and O–H groups in total. The highest BCUT2D eigenvalue weighted by Crippen LogP contribution is 2.29. The normalized spacial score (nSPS) is 14.7. The third-order valence-corrected chi connectivity index (χ3v) is 2.88. The van der Waals surface area contributed by atoms with Crippen LogP contribution in [-0.4, -0.2) is 12.6 Å². The lowest BCUT2D eigenvalue weighted by Crippen LogP contribution is -2.22. The molecule has 0 aromatic rings. The Balaban J connectivity index is 3.94. The first kappa shape index (κ1) is 13.3. The summed E-state index contributed by atoms with van der Waals surface area (Å²) in [5.74, 6) is 0. The fraction of sp³-hybridized carbons (Fsp3) is 0.833. The van der Waals surface area contributed by atoms with Crippen molar-refractivity contribution in [2.75, 3.05) is 0 Å². The first-order valence-corrected chi connectivity index (χ1v) is 5.57. The van der Waals surface area contributed by atoms with E-state index >= 15 is 0 Å². The van der Waals surface area contributed by atoms with Crippen LogP contribution in [0.25, 0.3) is 0 Å². The van der Waals surface area contributed by atoms with Crippen LogP contribution < -0.4 is 0 Å². The molecule has 14 heavy (non-hydrogen) atoms. The van der Waals surface area contributed by atoms with Gasteiger partial charge in [-0.2, -0.15) is 0 Å². The van der Waals surface area contributed by atoms with Gasteiger partial charge < -0.3 is 4.79 Å². The van der Waals surface area contributed by atoms with E-state index in [1.54, 1.807) is 0 Å². The zero-order valence-electron chi connectivity index (χ0n) is 9.34. The second kappa shape index (κ2) is 7.72. The molecule has 0 amide bonds. The van der Waals surface area contributed by atoms with Crippen molar-refractivity contribution in [3.63, 3.8) is 0 Å². The molecule has 0 rings (SSSR count). The van der Waals surface area contributed by atoms with Crippen LogP contribution in [0.2, 0.25) is 0 Å². The van der Waals surface area contributed by atoms with E-state index in [2.05, 4.69) is 13.2 Å². The van der Waals surface area contributed by atoms with Crippen LogP contribution in [0.1, 0.15) is 58.8 Å². The number of hydrogen-bond donors (Lipinski definition) is 0. The molecule has 0 aliphatic rings. The lowest BCUT2D eigenvalue weighted by Gasteiger charge is -2.22. The highest BCUT2D eigenvalue weighted by Gasteiger charge is 2.27. The van der Waals surface area contributed by atoms with Crippen LogP contribution in [0.3, 0.4) is 0 Å². The maximum Gasteiger partial charge on any atom is 0.205 e. The minimum Gasteiger partial charge on any atom is -0.303 e. The van der Waals surface area contributed by atoms with Crippen molar-refractivity contribution in [2.24, 2.45) is 5.41 Å². The van der Waals surface area contributed by atoms with Gasteiger partial charge in [-0.3, -0.25) is 4.79 Å². The van der Waals surface area contributed by atoms with Gasteiger partial charge in [0.25, 0.3) is 0 Å². The molecule has 0 aromatic carbocycles. The molecule has 0 fully saturated rings. The van der Waals surface area contributed by atoms with E-state index < -0.39 is 5.41 Å². The monoisotopic (exact) mass is 197 g/mol. The lowest BCUT2D eigenvalue weighted by atomic mass is 9.79. The van der Waals surface area contributed by atoms with Crippen LogP contribution in [0.4, 0.5) is 0 Å². The third kappa shape index (κ3) is 4.54. The van der Waals surface area contributed by atoms with Crippen LogP contribution in [0.15, 0.2) is 0 Å². The topological polar surface area (TPSA) is 34.1 Å². The van der Waals surface area contributed by atoms with Crippen molar-refractivity contribution < 1.29 is 9.59 Å². The van der Waals surface area contributed by atoms with Gasteiger partial charge >= 0.3 is 0 Å². The quantitative estimate of drug-likeness (QED) is 0.420. The zero-order chi connectivity index (χ0) is 10.9. The van der Waals surface area contributed by atoms with Crippen LogP contribution in [0.5, 0.6) is 0 Å². The maximum absolute atomic E-state index is 10.8. The summed E-state index contributed by atoms with van der Waals surface area (Å²) < 4.78 is 0. The summed E-state index contributed by atoms with van der Waals surface area (Å²) >= 11 is 0. The van der Waals surface area contributed by atoms with E-state index in [9.17, 15) is 9.59 Å². The van der Waals surface area contributed by atoms with Crippen molar-refractivity contribution >= 4 is 12.6 Å². The van der Waals surface area contributed by atoms with Crippen LogP contribution in [-0.2, 0) is 9.59 Å². The summed E-state index contributed by atoms with van der Waals surface area (Å²) in [5.41, 5.74) is -0.491. The molecule has 0 saturated carbocycles. The Morgan fingerprint density at radius 3 is 2.36 bits per heavy atom. The first-order valence-electron chi connectivity index (χ1n) is 5.57. The molecule has 2 nitrogen and oxygen atoms in total. The molecule has 0 bridgehead atoms. The molecule has 0 heterocycles. The fourth-order valence-corrected chi connectivity index (χ4v) is 1.64. The first-order chi connectivity index (χ1) is 6.74. The standard InChI is InChI=1S/C12H21O2/c1-3-5-6-7-8-12(4-2,11-14)9-10-13/h10H,3-9H2,1-2H3. The van der Waals surface area contributed by atoms with Crippen molar-refractivity contribution in [1.82, 2.24) is 0 Å². The Labute approximate surface area is 87.1 Å². The predicted molar refractivity (Wildman–Crippen MR) is 57.9 cm³/mol. The molecule has 1 atom stereocenters. The van der Waals surface area contributed by atoms with Crippen molar-refractivity contribution in [1.29, 1.82) is 0 Å². The Morgan fingerprint density at radius 2 is 1.93 bits per heavy atom. The van der Waals surface area contributed by atoms with Crippen LogP contribution in [0, 0.1) is 5.41 Å². The van der Waals surface area contributed by atoms with E-state index in [1.165, 1.54) is 12.8 Å². The molecule has 1 radical (unpaired) electrons. The summed E-state index contributed by atoms with van der Waals surface area (Å²) in [6.45, 7) is 4.11. The minimum absolute atomic E-state index is 0.332. The van der Waals surface area contributed by atoms with E-state index in [0.717, 1.165) is 32.0 Å². The molecule has 0 saturated heterocycles. The van der Waals surface area contributed by atoms with E-state index in [-0.39, 0.29) is 0 Å². The number of hydrogen-bond acceptors (Lipinski definition) is 2.